The van der Waals surface area contributed by atoms with Gasteiger partial charge in [0.1, 0.15) is 11.1 Å². The van der Waals surface area contributed by atoms with Crippen LogP contribution in [-0.4, -0.2) is 13.1 Å². The van der Waals surface area contributed by atoms with Gasteiger partial charge >= 0.3 is 6.03 Å². The van der Waals surface area contributed by atoms with Crippen molar-refractivity contribution in [3.05, 3.63) is 16.5 Å². The van der Waals surface area contributed by atoms with Crippen molar-refractivity contribution < 1.29 is 4.79 Å². The van der Waals surface area contributed by atoms with Gasteiger partial charge in [-0.1, -0.05) is 13.8 Å². The van der Waals surface area contributed by atoms with E-state index in [1.54, 1.807) is 7.05 Å². The lowest BCUT2D eigenvalue weighted by atomic mass is 10.0. The van der Waals surface area contributed by atoms with Crippen LogP contribution in [0.5, 0.6) is 0 Å². The van der Waals surface area contributed by atoms with Gasteiger partial charge in [-0.05, 0) is 16.9 Å². The van der Waals surface area contributed by atoms with Gasteiger partial charge in [-0.15, -0.1) is 11.3 Å². The number of nitrogens with zero attached hydrogens (tertiary/aromatic N) is 1. The third-order valence-electron chi connectivity index (χ3n) is 2.01. The van der Waals surface area contributed by atoms with Gasteiger partial charge in [-0.3, -0.25) is 5.32 Å². The van der Waals surface area contributed by atoms with E-state index < -0.39 is 0 Å². The molecule has 0 saturated heterocycles. The first-order valence-corrected chi connectivity index (χ1v) is 5.48. The summed E-state index contributed by atoms with van der Waals surface area (Å²) in [6, 6.07) is 1.82. The number of carbonyl (C=O) groups is 1. The highest BCUT2D eigenvalue weighted by Gasteiger charge is 2.15. The fourth-order valence-electron chi connectivity index (χ4n) is 1.17. The number of anilines is 1. The number of amides is 2. The van der Waals surface area contributed by atoms with E-state index in [0.717, 1.165) is 5.56 Å². The maximum atomic E-state index is 11.1. The highest BCUT2D eigenvalue weighted by molar-refractivity contribution is 7.14. The smallest absolute Gasteiger partial charge is 0.319 e. The number of hydrogen-bond acceptors (Lipinski definition) is 3. The quantitative estimate of drug-likeness (QED) is 0.809. The van der Waals surface area contributed by atoms with E-state index >= 15 is 0 Å². The molecule has 15 heavy (non-hydrogen) atoms. The van der Waals surface area contributed by atoms with Gasteiger partial charge in [-0.25, -0.2) is 4.79 Å². The molecule has 1 aromatic heterocycles. The van der Waals surface area contributed by atoms with Crippen molar-refractivity contribution in [1.29, 1.82) is 5.26 Å². The van der Waals surface area contributed by atoms with Crippen molar-refractivity contribution in [2.24, 2.45) is 0 Å². The van der Waals surface area contributed by atoms with E-state index in [1.807, 2.05) is 19.2 Å². The molecular weight excluding hydrogens is 210 g/mol. The Balaban J connectivity index is 3.01. The van der Waals surface area contributed by atoms with Crippen molar-refractivity contribution in [2.45, 2.75) is 19.8 Å². The van der Waals surface area contributed by atoms with Crippen LogP contribution in [0.3, 0.4) is 0 Å². The van der Waals surface area contributed by atoms with E-state index in [0.29, 0.717) is 10.6 Å². The summed E-state index contributed by atoms with van der Waals surface area (Å²) in [6.45, 7) is 4.04. The zero-order valence-corrected chi connectivity index (χ0v) is 9.73. The molecule has 1 rings (SSSR count). The van der Waals surface area contributed by atoms with Crippen molar-refractivity contribution in [2.75, 3.05) is 12.4 Å². The molecule has 2 amide bonds. The molecule has 0 aliphatic carbocycles. The highest BCUT2D eigenvalue weighted by Crippen LogP contribution is 2.32. The second-order valence-electron chi connectivity index (χ2n) is 3.37. The Hall–Kier alpha value is -1.54. The minimum atomic E-state index is -0.302. The molecule has 4 nitrogen and oxygen atoms in total. The number of carbonyl (C=O) groups excluding carboxylic acids is 1. The predicted molar refractivity (Wildman–Crippen MR) is 61.2 cm³/mol. The molecule has 0 spiro atoms. The molecule has 0 aliphatic rings. The number of thiophene rings is 1. The minimum absolute atomic E-state index is 0.288. The van der Waals surface area contributed by atoms with Gasteiger partial charge in [0.05, 0.1) is 5.56 Å². The molecule has 2 N–H and O–H groups in total. The standard InChI is InChI=1S/C10H13N3OS/c1-6(2)8-5-15-9(7(8)4-11)13-10(14)12-3/h5-6H,1-3H3,(H2,12,13,14). The molecular formula is C10H13N3OS. The van der Waals surface area contributed by atoms with Gasteiger partial charge in [-0.2, -0.15) is 5.26 Å². The van der Waals surface area contributed by atoms with Crippen LogP contribution in [0.25, 0.3) is 0 Å². The highest BCUT2D eigenvalue weighted by atomic mass is 32.1. The summed E-state index contributed by atoms with van der Waals surface area (Å²) in [5.41, 5.74) is 1.55. The summed E-state index contributed by atoms with van der Waals surface area (Å²) in [6.07, 6.45) is 0. The molecule has 1 aromatic rings. The summed E-state index contributed by atoms with van der Waals surface area (Å²) in [7, 11) is 1.54. The zero-order valence-electron chi connectivity index (χ0n) is 8.92. The van der Waals surface area contributed by atoms with Gasteiger partial charge in [0.25, 0.3) is 0 Å². The molecule has 0 radical (unpaired) electrons. The van der Waals surface area contributed by atoms with Crippen LogP contribution in [0.15, 0.2) is 5.38 Å². The van der Waals surface area contributed by atoms with Crippen LogP contribution in [-0.2, 0) is 0 Å². The van der Waals surface area contributed by atoms with Gasteiger partial charge in [0, 0.05) is 7.05 Å². The normalized spacial score (nSPS) is 9.80. The van der Waals surface area contributed by atoms with Crippen LogP contribution >= 0.6 is 11.3 Å². The predicted octanol–water partition coefficient (Wildman–Crippen LogP) is 2.49. The van der Waals surface area contributed by atoms with Crippen molar-refractivity contribution >= 4 is 22.4 Å². The van der Waals surface area contributed by atoms with Crippen LogP contribution in [0.1, 0.15) is 30.9 Å². The molecule has 80 valence electrons. The summed E-state index contributed by atoms with van der Waals surface area (Å²) in [5, 5.41) is 16.6. The lowest BCUT2D eigenvalue weighted by Gasteiger charge is -2.04. The van der Waals surface area contributed by atoms with Crippen LogP contribution < -0.4 is 10.6 Å². The molecule has 0 bridgehead atoms. The Morgan fingerprint density at radius 2 is 2.27 bits per heavy atom. The average molecular weight is 223 g/mol. The van der Waals surface area contributed by atoms with E-state index in [2.05, 4.69) is 16.7 Å². The van der Waals surface area contributed by atoms with E-state index in [9.17, 15) is 4.79 Å². The lowest BCUT2D eigenvalue weighted by molar-refractivity contribution is 0.254. The first-order valence-electron chi connectivity index (χ1n) is 4.60. The van der Waals surface area contributed by atoms with Crippen LogP contribution in [0.4, 0.5) is 9.80 Å². The van der Waals surface area contributed by atoms with Crippen LogP contribution in [0.2, 0.25) is 0 Å². The fourth-order valence-corrected chi connectivity index (χ4v) is 2.24. The number of nitrogens with one attached hydrogen (secondary N) is 2. The topological polar surface area (TPSA) is 64.9 Å². The average Bonchev–Trinajstić information content (AvgIpc) is 2.60. The Morgan fingerprint density at radius 3 is 2.73 bits per heavy atom. The van der Waals surface area contributed by atoms with Gasteiger partial charge < -0.3 is 5.32 Å². The molecule has 0 atom stereocenters. The first kappa shape index (κ1) is 11.5. The molecule has 5 heteroatoms. The third kappa shape index (κ3) is 2.48. The summed E-state index contributed by atoms with van der Waals surface area (Å²) >= 11 is 1.38. The summed E-state index contributed by atoms with van der Waals surface area (Å²) in [4.78, 5) is 11.1. The maximum absolute atomic E-state index is 11.1. The Bertz CT molecular complexity index is 403. The fraction of sp³-hybridized carbons (Fsp3) is 0.400. The van der Waals surface area contributed by atoms with Gasteiger partial charge in [0.2, 0.25) is 0 Å². The summed E-state index contributed by atoms with van der Waals surface area (Å²) in [5.74, 6) is 0.288. The van der Waals surface area contributed by atoms with E-state index in [4.69, 9.17) is 5.26 Å². The van der Waals surface area contributed by atoms with Gasteiger partial charge in [0.15, 0.2) is 0 Å². The summed E-state index contributed by atoms with van der Waals surface area (Å²) < 4.78 is 0. The van der Waals surface area contributed by atoms with Crippen molar-refractivity contribution in [3.8, 4) is 6.07 Å². The minimum Gasteiger partial charge on any atom is -0.341 e. The molecule has 0 unspecified atom stereocenters. The molecule has 0 aliphatic heterocycles. The van der Waals surface area contributed by atoms with Crippen molar-refractivity contribution in [3.63, 3.8) is 0 Å². The third-order valence-corrected chi connectivity index (χ3v) is 2.92. The number of nitriles is 1. The molecule has 0 fully saturated rings. The number of hydrogen-bond donors (Lipinski definition) is 2. The Kier molecular flexibility index (Phi) is 3.69. The second kappa shape index (κ2) is 4.80. The Labute approximate surface area is 92.9 Å². The zero-order chi connectivity index (χ0) is 11.4. The largest absolute Gasteiger partial charge is 0.341 e. The second-order valence-corrected chi connectivity index (χ2v) is 4.25. The first-order chi connectivity index (χ1) is 7.10. The lowest BCUT2D eigenvalue weighted by Crippen LogP contribution is -2.24. The molecule has 0 aromatic carbocycles. The maximum Gasteiger partial charge on any atom is 0.319 e. The number of urea groups is 1. The van der Waals surface area contributed by atoms with E-state index in [-0.39, 0.29) is 11.9 Å². The van der Waals surface area contributed by atoms with Crippen molar-refractivity contribution in [1.82, 2.24) is 5.32 Å². The Morgan fingerprint density at radius 1 is 1.60 bits per heavy atom. The monoisotopic (exact) mass is 223 g/mol. The molecule has 1 heterocycles. The van der Waals surface area contributed by atoms with E-state index in [1.165, 1.54) is 11.3 Å². The van der Waals surface area contributed by atoms with Crippen LogP contribution in [0, 0.1) is 11.3 Å². The number of rotatable bonds is 2. The SMILES string of the molecule is CNC(=O)Nc1scc(C(C)C)c1C#N. The molecule has 0 saturated carbocycles.